The molecule has 0 spiro atoms. The van der Waals surface area contributed by atoms with Gasteiger partial charge in [0.25, 0.3) is 5.56 Å². The molecule has 5 heteroatoms. The predicted octanol–water partition coefficient (Wildman–Crippen LogP) is 2.27. The molecule has 84 valence electrons. The SMILES string of the molecule is CCC(Nc1nc[nH]c(=O)c1Cl)C(C)C. The van der Waals surface area contributed by atoms with Gasteiger partial charge < -0.3 is 10.3 Å². The van der Waals surface area contributed by atoms with Gasteiger partial charge in [-0.1, -0.05) is 32.4 Å². The summed E-state index contributed by atoms with van der Waals surface area (Å²) in [5.74, 6) is 0.924. The Morgan fingerprint density at radius 2 is 2.27 bits per heavy atom. The highest BCUT2D eigenvalue weighted by atomic mass is 35.5. The second-order valence-electron chi connectivity index (χ2n) is 3.80. The molecule has 1 aromatic heterocycles. The highest BCUT2D eigenvalue weighted by Crippen LogP contribution is 2.17. The largest absolute Gasteiger partial charge is 0.366 e. The molecule has 1 atom stereocenters. The lowest BCUT2D eigenvalue weighted by atomic mass is 10.0. The van der Waals surface area contributed by atoms with E-state index in [2.05, 4.69) is 36.1 Å². The smallest absolute Gasteiger partial charge is 0.271 e. The minimum Gasteiger partial charge on any atom is -0.366 e. The summed E-state index contributed by atoms with van der Waals surface area (Å²) in [4.78, 5) is 17.6. The Kier molecular flexibility index (Phi) is 4.15. The van der Waals surface area contributed by atoms with Crippen LogP contribution < -0.4 is 10.9 Å². The third-order valence-corrected chi connectivity index (χ3v) is 2.71. The zero-order valence-corrected chi connectivity index (χ0v) is 9.93. The molecular formula is C10H16ClN3O. The molecule has 0 radical (unpaired) electrons. The normalized spacial score (nSPS) is 12.9. The van der Waals surface area contributed by atoms with Crippen LogP contribution in [-0.4, -0.2) is 16.0 Å². The van der Waals surface area contributed by atoms with Crippen molar-refractivity contribution in [3.63, 3.8) is 0 Å². The maximum Gasteiger partial charge on any atom is 0.271 e. The van der Waals surface area contributed by atoms with Crippen LogP contribution in [0.25, 0.3) is 0 Å². The first kappa shape index (κ1) is 12.0. The molecule has 1 heterocycles. The number of hydrogen-bond acceptors (Lipinski definition) is 3. The number of hydrogen-bond donors (Lipinski definition) is 2. The number of aromatic nitrogens is 2. The summed E-state index contributed by atoms with van der Waals surface area (Å²) in [6.07, 6.45) is 2.31. The molecule has 0 saturated heterocycles. The van der Waals surface area contributed by atoms with Crippen LogP contribution in [0, 0.1) is 5.92 Å². The number of anilines is 1. The van der Waals surface area contributed by atoms with Gasteiger partial charge in [0.05, 0.1) is 6.33 Å². The van der Waals surface area contributed by atoms with Crippen molar-refractivity contribution in [2.75, 3.05) is 5.32 Å². The molecule has 0 aromatic carbocycles. The fourth-order valence-corrected chi connectivity index (χ4v) is 1.56. The first-order valence-electron chi connectivity index (χ1n) is 5.06. The van der Waals surface area contributed by atoms with Crippen LogP contribution in [0.1, 0.15) is 27.2 Å². The lowest BCUT2D eigenvalue weighted by molar-refractivity contribution is 0.509. The first-order valence-corrected chi connectivity index (χ1v) is 5.43. The number of rotatable bonds is 4. The molecule has 0 amide bonds. The van der Waals surface area contributed by atoms with Gasteiger partial charge in [-0.25, -0.2) is 4.98 Å². The van der Waals surface area contributed by atoms with E-state index in [1.807, 2.05) is 0 Å². The third kappa shape index (κ3) is 2.96. The van der Waals surface area contributed by atoms with Crippen molar-refractivity contribution in [3.8, 4) is 0 Å². The molecule has 0 aliphatic carbocycles. The van der Waals surface area contributed by atoms with E-state index in [4.69, 9.17) is 11.6 Å². The zero-order chi connectivity index (χ0) is 11.4. The maximum absolute atomic E-state index is 11.2. The standard InChI is InChI=1S/C10H16ClN3O/c1-4-7(6(2)3)14-9-8(11)10(15)13-5-12-9/h5-7H,4H2,1-3H3,(H2,12,13,14,15). The number of nitrogens with one attached hydrogen (secondary N) is 2. The number of aromatic amines is 1. The highest BCUT2D eigenvalue weighted by molar-refractivity contribution is 6.32. The van der Waals surface area contributed by atoms with E-state index in [0.717, 1.165) is 6.42 Å². The summed E-state index contributed by atoms with van der Waals surface area (Å²) in [5.41, 5.74) is -0.312. The minimum absolute atomic E-state index is 0.122. The van der Waals surface area contributed by atoms with E-state index in [1.165, 1.54) is 6.33 Å². The van der Waals surface area contributed by atoms with Crippen LogP contribution in [0.5, 0.6) is 0 Å². The van der Waals surface area contributed by atoms with Crippen molar-refractivity contribution in [1.29, 1.82) is 0 Å². The minimum atomic E-state index is -0.312. The van der Waals surface area contributed by atoms with E-state index in [-0.39, 0.29) is 16.6 Å². The molecule has 2 N–H and O–H groups in total. The number of H-pyrrole nitrogens is 1. The fraction of sp³-hybridized carbons (Fsp3) is 0.600. The lowest BCUT2D eigenvalue weighted by Crippen LogP contribution is -2.26. The van der Waals surface area contributed by atoms with Crippen molar-refractivity contribution < 1.29 is 0 Å². The van der Waals surface area contributed by atoms with Gasteiger partial charge in [-0.05, 0) is 12.3 Å². The average molecular weight is 230 g/mol. The van der Waals surface area contributed by atoms with E-state index >= 15 is 0 Å². The number of nitrogens with zero attached hydrogens (tertiary/aromatic N) is 1. The first-order chi connectivity index (χ1) is 7.06. The van der Waals surface area contributed by atoms with Crippen molar-refractivity contribution >= 4 is 17.4 Å². The molecule has 1 rings (SSSR count). The molecular weight excluding hydrogens is 214 g/mol. The topological polar surface area (TPSA) is 57.8 Å². The zero-order valence-electron chi connectivity index (χ0n) is 9.17. The molecule has 0 fully saturated rings. The van der Waals surface area contributed by atoms with Gasteiger partial charge in [-0.3, -0.25) is 4.79 Å². The molecule has 0 aliphatic rings. The monoisotopic (exact) mass is 229 g/mol. The van der Waals surface area contributed by atoms with Crippen molar-refractivity contribution in [1.82, 2.24) is 9.97 Å². The van der Waals surface area contributed by atoms with Gasteiger partial charge in [0.2, 0.25) is 0 Å². The number of halogens is 1. The van der Waals surface area contributed by atoms with Gasteiger partial charge >= 0.3 is 0 Å². The van der Waals surface area contributed by atoms with Crippen LogP contribution in [0.3, 0.4) is 0 Å². The van der Waals surface area contributed by atoms with Crippen LogP contribution in [-0.2, 0) is 0 Å². The summed E-state index contributed by atoms with van der Waals surface area (Å²) >= 11 is 5.83. The Hall–Kier alpha value is -1.03. The van der Waals surface area contributed by atoms with Crippen molar-refractivity contribution in [3.05, 3.63) is 21.7 Å². The molecule has 1 aromatic rings. The van der Waals surface area contributed by atoms with E-state index in [1.54, 1.807) is 0 Å². The third-order valence-electron chi connectivity index (χ3n) is 2.36. The summed E-state index contributed by atoms with van der Waals surface area (Å²) in [5, 5.41) is 3.30. The highest BCUT2D eigenvalue weighted by Gasteiger charge is 2.14. The molecule has 15 heavy (non-hydrogen) atoms. The second kappa shape index (κ2) is 5.16. The Bertz CT molecular complexity index is 375. The molecule has 1 unspecified atom stereocenters. The average Bonchev–Trinajstić information content (AvgIpc) is 2.19. The summed E-state index contributed by atoms with van der Waals surface area (Å²) in [7, 11) is 0. The fourth-order valence-electron chi connectivity index (χ4n) is 1.40. The van der Waals surface area contributed by atoms with Gasteiger partial charge in [0, 0.05) is 6.04 Å². The molecule has 0 bridgehead atoms. The van der Waals surface area contributed by atoms with E-state index < -0.39 is 0 Å². The van der Waals surface area contributed by atoms with Crippen molar-refractivity contribution in [2.24, 2.45) is 5.92 Å². The Balaban J connectivity index is 2.88. The Labute approximate surface area is 94.1 Å². The summed E-state index contributed by atoms with van der Waals surface area (Å²) in [6, 6.07) is 0.275. The predicted molar refractivity (Wildman–Crippen MR) is 62.4 cm³/mol. The quantitative estimate of drug-likeness (QED) is 0.833. The van der Waals surface area contributed by atoms with Gasteiger partial charge in [0.1, 0.15) is 5.02 Å². The van der Waals surface area contributed by atoms with Crippen LogP contribution in [0.2, 0.25) is 5.02 Å². The van der Waals surface area contributed by atoms with Gasteiger partial charge in [-0.15, -0.1) is 0 Å². The van der Waals surface area contributed by atoms with Gasteiger partial charge in [-0.2, -0.15) is 0 Å². The van der Waals surface area contributed by atoms with E-state index in [0.29, 0.717) is 11.7 Å². The second-order valence-corrected chi connectivity index (χ2v) is 4.18. The Morgan fingerprint density at radius 1 is 1.60 bits per heavy atom. The van der Waals surface area contributed by atoms with E-state index in [9.17, 15) is 4.79 Å². The molecule has 0 saturated carbocycles. The van der Waals surface area contributed by atoms with Crippen LogP contribution in [0.15, 0.2) is 11.1 Å². The van der Waals surface area contributed by atoms with Crippen LogP contribution >= 0.6 is 11.6 Å². The molecule has 0 aliphatic heterocycles. The Morgan fingerprint density at radius 3 is 2.80 bits per heavy atom. The maximum atomic E-state index is 11.2. The molecule has 4 nitrogen and oxygen atoms in total. The summed E-state index contributed by atoms with van der Waals surface area (Å²) < 4.78 is 0. The summed E-state index contributed by atoms with van der Waals surface area (Å²) in [6.45, 7) is 6.31. The lowest BCUT2D eigenvalue weighted by Gasteiger charge is -2.21. The van der Waals surface area contributed by atoms with Gasteiger partial charge in [0.15, 0.2) is 5.82 Å². The van der Waals surface area contributed by atoms with Crippen molar-refractivity contribution in [2.45, 2.75) is 33.2 Å². The van der Waals surface area contributed by atoms with Crippen LogP contribution in [0.4, 0.5) is 5.82 Å².